The lowest BCUT2D eigenvalue weighted by atomic mass is 9.92. The smallest absolute Gasteiger partial charge is 0.243 e. The van der Waals surface area contributed by atoms with Crippen LogP contribution in [0.2, 0.25) is 0 Å². The number of fused-ring (bicyclic) bond motifs is 1. The summed E-state index contributed by atoms with van der Waals surface area (Å²) in [5.74, 6) is 1.37. The molecule has 1 aliphatic heterocycles. The minimum Gasteiger partial charge on any atom is -0.497 e. The Morgan fingerprint density at radius 3 is 2.32 bits per heavy atom. The topological polar surface area (TPSA) is 76.2 Å². The molecule has 1 amide bonds. The molecule has 2 aromatic carbocycles. The molecule has 4 rings (SSSR count). The van der Waals surface area contributed by atoms with Gasteiger partial charge in [-0.1, -0.05) is 6.07 Å². The summed E-state index contributed by atoms with van der Waals surface area (Å²) in [5, 5.41) is 0. The quantitative estimate of drug-likeness (QED) is 0.571. The number of sulfonamides is 1. The normalized spacial score (nSPS) is 17.1. The van der Waals surface area contributed by atoms with Crippen LogP contribution in [0.4, 0.5) is 0 Å². The SMILES string of the molecule is COc1ccc(OCCN(C)C(=O)C2CCN(S(=O)(=O)c3ccc4c(c3)CCCC4)CC2)cc1. The van der Waals surface area contributed by atoms with Gasteiger partial charge in [0.05, 0.1) is 18.6 Å². The lowest BCUT2D eigenvalue weighted by Crippen LogP contribution is -2.44. The summed E-state index contributed by atoms with van der Waals surface area (Å²) in [6, 6.07) is 12.9. The number of ether oxygens (including phenoxy) is 2. The number of hydrogen-bond donors (Lipinski definition) is 0. The van der Waals surface area contributed by atoms with E-state index in [1.165, 1.54) is 16.3 Å². The van der Waals surface area contributed by atoms with Gasteiger partial charge in [0.1, 0.15) is 18.1 Å². The van der Waals surface area contributed by atoms with Gasteiger partial charge in [0.25, 0.3) is 0 Å². The maximum Gasteiger partial charge on any atom is 0.243 e. The monoisotopic (exact) mass is 486 g/mol. The number of benzene rings is 2. The molecule has 0 atom stereocenters. The Labute approximate surface area is 202 Å². The van der Waals surface area contributed by atoms with Crippen molar-refractivity contribution in [1.82, 2.24) is 9.21 Å². The third-order valence-corrected chi connectivity index (χ3v) is 8.79. The molecule has 0 unspecified atom stereocenters. The number of rotatable bonds is 8. The van der Waals surface area contributed by atoms with Crippen LogP contribution in [0.3, 0.4) is 0 Å². The zero-order valence-electron chi connectivity index (χ0n) is 20.0. The van der Waals surface area contributed by atoms with Gasteiger partial charge in [0, 0.05) is 26.1 Å². The number of hydrogen-bond acceptors (Lipinski definition) is 5. The van der Waals surface area contributed by atoms with Crippen LogP contribution >= 0.6 is 0 Å². The molecular weight excluding hydrogens is 452 g/mol. The first-order chi connectivity index (χ1) is 16.4. The molecule has 34 heavy (non-hydrogen) atoms. The van der Waals surface area contributed by atoms with E-state index < -0.39 is 10.0 Å². The van der Waals surface area contributed by atoms with Crippen LogP contribution in [0.25, 0.3) is 0 Å². The predicted molar refractivity (Wildman–Crippen MR) is 131 cm³/mol. The minimum absolute atomic E-state index is 0.0455. The van der Waals surface area contributed by atoms with Crippen LogP contribution in [0.5, 0.6) is 11.5 Å². The molecule has 0 radical (unpaired) electrons. The van der Waals surface area contributed by atoms with Crippen LogP contribution in [0, 0.1) is 5.92 Å². The van der Waals surface area contributed by atoms with E-state index in [9.17, 15) is 13.2 Å². The number of methoxy groups -OCH3 is 1. The average molecular weight is 487 g/mol. The Bertz CT molecular complexity index is 1090. The van der Waals surface area contributed by atoms with Crippen LogP contribution in [-0.2, 0) is 27.7 Å². The molecule has 0 spiro atoms. The highest BCUT2D eigenvalue weighted by Crippen LogP contribution is 2.28. The Morgan fingerprint density at radius 2 is 1.65 bits per heavy atom. The maximum absolute atomic E-state index is 13.2. The Kier molecular flexibility index (Phi) is 7.78. The van der Waals surface area contributed by atoms with Crippen molar-refractivity contribution in [2.45, 2.75) is 43.4 Å². The van der Waals surface area contributed by atoms with Crippen molar-refractivity contribution in [2.75, 3.05) is 40.4 Å². The molecule has 0 aromatic heterocycles. The molecule has 1 fully saturated rings. The standard InChI is InChI=1S/C26H34N2O5S/c1-27(17-18-33-24-10-8-23(32-2)9-11-24)26(29)21-13-15-28(16-14-21)34(30,31)25-12-7-20-5-3-4-6-22(20)19-25/h7-12,19,21H,3-6,13-18H2,1-2H3. The van der Waals surface area contributed by atoms with Crippen molar-refractivity contribution in [3.05, 3.63) is 53.6 Å². The fourth-order valence-electron chi connectivity index (χ4n) is 4.76. The Balaban J connectivity index is 1.27. The second-order valence-electron chi connectivity index (χ2n) is 9.10. The highest BCUT2D eigenvalue weighted by molar-refractivity contribution is 7.89. The molecule has 0 N–H and O–H groups in total. The van der Waals surface area contributed by atoms with E-state index in [0.717, 1.165) is 36.3 Å². The molecule has 8 heteroatoms. The number of carbonyl (C=O) groups is 1. The lowest BCUT2D eigenvalue weighted by molar-refractivity contribution is -0.135. The molecule has 0 bridgehead atoms. The highest BCUT2D eigenvalue weighted by atomic mass is 32.2. The molecule has 0 saturated carbocycles. The molecule has 1 aliphatic carbocycles. The molecular formula is C26H34N2O5S. The number of aryl methyl sites for hydroxylation is 2. The number of amides is 1. The van der Waals surface area contributed by atoms with E-state index in [-0.39, 0.29) is 11.8 Å². The molecule has 1 heterocycles. The van der Waals surface area contributed by atoms with Gasteiger partial charge in [-0.25, -0.2) is 8.42 Å². The third kappa shape index (κ3) is 5.55. The second kappa shape index (κ2) is 10.8. The molecule has 7 nitrogen and oxygen atoms in total. The van der Waals surface area contributed by atoms with Gasteiger partial charge in [-0.2, -0.15) is 4.31 Å². The van der Waals surface area contributed by atoms with Crippen molar-refractivity contribution < 1.29 is 22.7 Å². The van der Waals surface area contributed by atoms with Crippen molar-refractivity contribution >= 4 is 15.9 Å². The predicted octanol–water partition coefficient (Wildman–Crippen LogP) is 3.51. The summed E-state index contributed by atoms with van der Waals surface area (Å²) in [7, 11) is -0.146. The summed E-state index contributed by atoms with van der Waals surface area (Å²) in [6.07, 6.45) is 5.33. The van der Waals surface area contributed by atoms with Gasteiger partial charge in [-0.15, -0.1) is 0 Å². The van der Waals surface area contributed by atoms with Crippen molar-refractivity contribution in [3.63, 3.8) is 0 Å². The van der Waals surface area contributed by atoms with Crippen molar-refractivity contribution in [2.24, 2.45) is 5.92 Å². The number of likely N-dealkylation sites (N-methyl/N-ethyl adjacent to an activating group) is 1. The Morgan fingerprint density at radius 1 is 1.00 bits per heavy atom. The van der Waals surface area contributed by atoms with Crippen LogP contribution in [0.15, 0.2) is 47.4 Å². The van der Waals surface area contributed by atoms with E-state index in [0.29, 0.717) is 44.0 Å². The third-order valence-electron chi connectivity index (χ3n) is 6.89. The largest absolute Gasteiger partial charge is 0.497 e. The summed E-state index contributed by atoms with van der Waals surface area (Å²) < 4.78 is 38.8. The van der Waals surface area contributed by atoms with Gasteiger partial charge < -0.3 is 14.4 Å². The van der Waals surface area contributed by atoms with Gasteiger partial charge in [-0.3, -0.25) is 4.79 Å². The van der Waals surface area contributed by atoms with Crippen molar-refractivity contribution in [3.8, 4) is 11.5 Å². The van der Waals surface area contributed by atoms with Gasteiger partial charge in [-0.05, 0) is 86.1 Å². The number of carbonyl (C=O) groups excluding carboxylic acids is 1. The van der Waals surface area contributed by atoms with Gasteiger partial charge in [0.2, 0.25) is 15.9 Å². The van der Waals surface area contributed by atoms with Crippen LogP contribution in [-0.4, -0.2) is 63.9 Å². The maximum atomic E-state index is 13.2. The molecule has 1 saturated heterocycles. The van der Waals surface area contributed by atoms with Crippen molar-refractivity contribution in [1.29, 1.82) is 0 Å². The Hall–Kier alpha value is -2.58. The van der Waals surface area contributed by atoms with Gasteiger partial charge in [0.15, 0.2) is 0 Å². The fourth-order valence-corrected chi connectivity index (χ4v) is 6.28. The van der Waals surface area contributed by atoms with Crippen LogP contribution < -0.4 is 9.47 Å². The zero-order valence-corrected chi connectivity index (χ0v) is 20.9. The minimum atomic E-state index is -3.54. The lowest BCUT2D eigenvalue weighted by Gasteiger charge is -2.32. The average Bonchev–Trinajstić information content (AvgIpc) is 2.88. The highest BCUT2D eigenvalue weighted by Gasteiger charge is 2.33. The molecule has 184 valence electrons. The number of piperidine rings is 1. The first-order valence-corrected chi connectivity index (χ1v) is 13.5. The van der Waals surface area contributed by atoms with E-state index >= 15 is 0 Å². The van der Waals surface area contributed by atoms with Gasteiger partial charge >= 0.3 is 0 Å². The van der Waals surface area contributed by atoms with E-state index in [1.807, 2.05) is 36.4 Å². The zero-order chi connectivity index (χ0) is 24.1. The van der Waals surface area contributed by atoms with Crippen LogP contribution in [0.1, 0.15) is 36.8 Å². The fraction of sp³-hybridized carbons (Fsp3) is 0.500. The number of nitrogens with zero attached hydrogens (tertiary/aromatic N) is 2. The molecule has 2 aromatic rings. The summed E-state index contributed by atoms with van der Waals surface area (Å²) in [6.45, 7) is 1.59. The first kappa shape index (κ1) is 24.5. The molecule has 2 aliphatic rings. The summed E-state index contributed by atoms with van der Waals surface area (Å²) in [5.41, 5.74) is 2.43. The summed E-state index contributed by atoms with van der Waals surface area (Å²) in [4.78, 5) is 15.0. The second-order valence-corrected chi connectivity index (χ2v) is 11.0. The van der Waals surface area contributed by atoms with E-state index in [2.05, 4.69) is 0 Å². The summed E-state index contributed by atoms with van der Waals surface area (Å²) >= 11 is 0. The van der Waals surface area contributed by atoms with E-state index in [4.69, 9.17) is 9.47 Å². The first-order valence-electron chi connectivity index (χ1n) is 12.0. The van der Waals surface area contributed by atoms with E-state index in [1.54, 1.807) is 25.1 Å².